The standard InChI is InChI=1S/C13H10BrNO2S2/c14-11-2-1-5-15-13(11)19-8-10-6-9(7-18-10)3-4-12(16)17/h1-7H,8H2,(H,16,17). The van der Waals surface area contributed by atoms with Gasteiger partial charge in [-0.15, -0.1) is 11.3 Å². The summed E-state index contributed by atoms with van der Waals surface area (Å²) >= 11 is 6.73. The largest absolute Gasteiger partial charge is 0.478 e. The van der Waals surface area contributed by atoms with Crippen LogP contribution >= 0.6 is 39.0 Å². The zero-order chi connectivity index (χ0) is 13.7. The molecular weight excluding hydrogens is 346 g/mol. The van der Waals surface area contributed by atoms with Crippen LogP contribution in [-0.4, -0.2) is 16.1 Å². The minimum absolute atomic E-state index is 0.821. The molecule has 0 bridgehead atoms. The summed E-state index contributed by atoms with van der Waals surface area (Å²) in [5.74, 6) is -0.110. The van der Waals surface area contributed by atoms with Gasteiger partial charge in [-0.3, -0.25) is 0 Å². The number of rotatable bonds is 5. The Morgan fingerprint density at radius 2 is 2.42 bits per heavy atom. The number of halogens is 1. The van der Waals surface area contributed by atoms with Crippen LogP contribution in [0.1, 0.15) is 10.4 Å². The number of thiophene rings is 1. The summed E-state index contributed by atoms with van der Waals surface area (Å²) in [6.07, 6.45) is 4.51. The maximum Gasteiger partial charge on any atom is 0.328 e. The van der Waals surface area contributed by atoms with Crippen molar-refractivity contribution < 1.29 is 9.90 Å². The number of hydrogen-bond donors (Lipinski definition) is 1. The molecule has 0 radical (unpaired) electrons. The molecule has 0 fully saturated rings. The molecule has 1 N–H and O–H groups in total. The third kappa shape index (κ3) is 4.49. The Labute approximate surface area is 127 Å². The van der Waals surface area contributed by atoms with Gasteiger partial charge in [-0.25, -0.2) is 9.78 Å². The van der Waals surface area contributed by atoms with Crippen molar-refractivity contribution >= 4 is 51.1 Å². The van der Waals surface area contributed by atoms with Crippen LogP contribution in [0.25, 0.3) is 6.08 Å². The summed E-state index contributed by atoms with van der Waals surface area (Å²) in [6, 6.07) is 5.84. The van der Waals surface area contributed by atoms with Crippen LogP contribution in [0.15, 0.2) is 45.4 Å². The molecule has 6 heteroatoms. The first kappa shape index (κ1) is 14.3. The van der Waals surface area contributed by atoms with Gasteiger partial charge in [0.05, 0.1) is 0 Å². The van der Waals surface area contributed by atoms with Gasteiger partial charge in [0, 0.05) is 27.4 Å². The van der Waals surface area contributed by atoms with Gasteiger partial charge in [-0.05, 0) is 51.1 Å². The molecule has 0 aromatic carbocycles. The number of aromatic nitrogens is 1. The van der Waals surface area contributed by atoms with E-state index in [0.717, 1.165) is 26.9 Å². The van der Waals surface area contributed by atoms with Gasteiger partial charge in [-0.2, -0.15) is 0 Å². The number of hydrogen-bond acceptors (Lipinski definition) is 4. The number of carboxylic acid groups (broad SMARTS) is 1. The highest BCUT2D eigenvalue weighted by Crippen LogP contribution is 2.29. The normalized spacial score (nSPS) is 11.0. The van der Waals surface area contributed by atoms with Crippen molar-refractivity contribution in [2.75, 3.05) is 0 Å². The minimum atomic E-state index is -0.931. The summed E-state index contributed by atoms with van der Waals surface area (Å²) in [4.78, 5) is 15.9. The van der Waals surface area contributed by atoms with Gasteiger partial charge in [0.15, 0.2) is 0 Å². The molecule has 2 rings (SSSR count). The van der Waals surface area contributed by atoms with Crippen LogP contribution in [0.4, 0.5) is 0 Å². The van der Waals surface area contributed by atoms with E-state index in [0.29, 0.717) is 0 Å². The Morgan fingerprint density at radius 3 is 3.16 bits per heavy atom. The first-order valence-corrected chi connectivity index (χ1v) is 8.02. The van der Waals surface area contributed by atoms with Gasteiger partial charge in [0.25, 0.3) is 0 Å². The maximum atomic E-state index is 10.4. The van der Waals surface area contributed by atoms with E-state index in [4.69, 9.17) is 5.11 Å². The summed E-state index contributed by atoms with van der Waals surface area (Å²) in [6.45, 7) is 0. The quantitative estimate of drug-likeness (QED) is 0.641. The lowest BCUT2D eigenvalue weighted by Crippen LogP contribution is -1.84. The second-order valence-electron chi connectivity index (χ2n) is 3.60. The van der Waals surface area contributed by atoms with Crippen LogP contribution in [-0.2, 0) is 10.5 Å². The molecule has 0 aliphatic carbocycles. The monoisotopic (exact) mass is 355 g/mol. The fraction of sp³-hybridized carbons (Fsp3) is 0.0769. The summed E-state index contributed by atoms with van der Waals surface area (Å²) in [5.41, 5.74) is 0.920. The van der Waals surface area contributed by atoms with Crippen LogP contribution in [0.2, 0.25) is 0 Å². The Morgan fingerprint density at radius 1 is 1.58 bits per heavy atom. The Hall–Kier alpha value is -1.11. The molecule has 0 saturated heterocycles. The van der Waals surface area contributed by atoms with Gasteiger partial charge in [-0.1, -0.05) is 11.8 Å². The molecule has 0 saturated carbocycles. The van der Waals surface area contributed by atoms with E-state index < -0.39 is 5.97 Å². The first-order chi connectivity index (χ1) is 9.15. The molecule has 2 heterocycles. The fourth-order valence-corrected chi connectivity index (χ4v) is 3.73. The molecule has 19 heavy (non-hydrogen) atoms. The van der Waals surface area contributed by atoms with Crippen molar-refractivity contribution in [3.8, 4) is 0 Å². The van der Waals surface area contributed by atoms with Crippen molar-refractivity contribution in [3.05, 3.63) is 50.8 Å². The Kier molecular flexibility index (Phi) is 5.18. The topological polar surface area (TPSA) is 50.2 Å². The predicted molar refractivity (Wildman–Crippen MR) is 82.5 cm³/mol. The summed E-state index contributed by atoms with van der Waals surface area (Å²) in [5, 5.41) is 11.5. The molecule has 0 atom stereocenters. The number of carboxylic acids is 1. The second-order valence-corrected chi connectivity index (χ2v) is 6.41. The van der Waals surface area contributed by atoms with Crippen molar-refractivity contribution in [1.82, 2.24) is 4.98 Å². The lowest BCUT2D eigenvalue weighted by atomic mass is 10.3. The smallest absolute Gasteiger partial charge is 0.328 e. The number of thioether (sulfide) groups is 1. The van der Waals surface area contributed by atoms with Gasteiger partial charge < -0.3 is 5.11 Å². The van der Waals surface area contributed by atoms with Crippen LogP contribution in [0.5, 0.6) is 0 Å². The van der Waals surface area contributed by atoms with Crippen molar-refractivity contribution in [1.29, 1.82) is 0 Å². The summed E-state index contributed by atoms with van der Waals surface area (Å²) in [7, 11) is 0. The number of nitrogens with zero attached hydrogens (tertiary/aromatic N) is 1. The van der Waals surface area contributed by atoms with Gasteiger partial charge in [0.1, 0.15) is 5.03 Å². The predicted octanol–water partition coefficient (Wildman–Crippen LogP) is 4.30. The molecule has 2 aromatic rings. The molecule has 2 aromatic heterocycles. The van der Waals surface area contributed by atoms with E-state index in [9.17, 15) is 4.79 Å². The SMILES string of the molecule is O=C(O)C=Cc1csc(CSc2ncccc2Br)c1. The van der Waals surface area contributed by atoms with E-state index in [1.54, 1.807) is 35.4 Å². The zero-order valence-corrected chi connectivity index (χ0v) is 13.0. The highest BCUT2D eigenvalue weighted by molar-refractivity contribution is 9.10. The average Bonchev–Trinajstić information content (AvgIpc) is 2.83. The van der Waals surface area contributed by atoms with Crippen LogP contribution < -0.4 is 0 Å². The van der Waals surface area contributed by atoms with Gasteiger partial charge >= 0.3 is 5.97 Å². The third-order valence-electron chi connectivity index (χ3n) is 2.17. The molecule has 0 spiro atoms. The second kappa shape index (κ2) is 6.88. The van der Waals surface area contributed by atoms with E-state index in [-0.39, 0.29) is 0 Å². The molecule has 0 amide bonds. The summed E-state index contributed by atoms with van der Waals surface area (Å²) < 4.78 is 0.988. The molecular formula is C13H10BrNO2S2. The Balaban J connectivity index is 1.97. The van der Waals surface area contributed by atoms with Gasteiger partial charge in [0.2, 0.25) is 0 Å². The highest BCUT2D eigenvalue weighted by atomic mass is 79.9. The van der Waals surface area contributed by atoms with Crippen molar-refractivity contribution in [2.45, 2.75) is 10.8 Å². The zero-order valence-electron chi connectivity index (χ0n) is 9.75. The van der Waals surface area contributed by atoms with E-state index in [1.165, 1.54) is 4.88 Å². The highest BCUT2D eigenvalue weighted by Gasteiger charge is 2.03. The van der Waals surface area contributed by atoms with Crippen LogP contribution in [0.3, 0.4) is 0 Å². The van der Waals surface area contributed by atoms with E-state index in [2.05, 4.69) is 20.9 Å². The maximum absolute atomic E-state index is 10.4. The fourth-order valence-electron chi connectivity index (χ4n) is 1.35. The number of aliphatic carboxylic acids is 1. The molecule has 98 valence electrons. The first-order valence-electron chi connectivity index (χ1n) is 5.37. The molecule has 0 unspecified atom stereocenters. The third-order valence-corrected chi connectivity index (χ3v) is 5.26. The Bertz CT molecular complexity index is 610. The lowest BCUT2D eigenvalue weighted by Gasteiger charge is -2.00. The molecule has 0 aliphatic heterocycles. The van der Waals surface area contributed by atoms with Crippen LogP contribution in [0, 0.1) is 0 Å². The van der Waals surface area contributed by atoms with E-state index >= 15 is 0 Å². The van der Waals surface area contributed by atoms with E-state index in [1.807, 2.05) is 23.6 Å². The van der Waals surface area contributed by atoms with Crippen molar-refractivity contribution in [2.24, 2.45) is 0 Å². The number of pyridine rings is 1. The number of carbonyl (C=O) groups is 1. The molecule has 3 nitrogen and oxygen atoms in total. The average molecular weight is 356 g/mol. The molecule has 0 aliphatic rings. The van der Waals surface area contributed by atoms with Crippen molar-refractivity contribution in [3.63, 3.8) is 0 Å². The minimum Gasteiger partial charge on any atom is -0.478 e. The lowest BCUT2D eigenvalue weighted by molar-refractivity contribution is -0.131.